The first-order valence-electron chi connectivity index (χ1n) is 37.9. The molecule has 2 amide bonds. The van der Waals surface area contributed by atoms with Gasteiger partial charge in [0.15, 0.2) is 0 Å². The van der Waals surface area contributed by atoms with Crippen LogP contribution in [-0.2, 0) is 62.7 Å². The molecule has 14 rings (SSSR count). The molecule has 20 nitrogen and oxygen atoms in total. The largest absolute Gasteiger partial charge is 0.490 e. The topological polar surface area (TPSA) is 235 Å². The summed E-state index contributed by atoms with van der Waals surface area (Å²) in [6.07, 6.45) is 13.8. The van der Waals surface area contributed by atoms with E-state index in [-0.39, 0.29) is 70.7 Å². The highest BCUT2D eigenvalue weighted by Gasteiger charge is 2.53. The monoisotopic (exact) mass is 1490 g/mol. The fraction of sp³-hybridized carbons (Fsp3) is 0.667. The van der Waals surface area contributed by atoms with Crippen LogP contribution in [0.1, 0.15) is 161 Å². The first-order valence-corrected chi connectivity index (χ1v) is 41.7. The zero-order valence-electron chi connectivity index (χ0n) is 60.2. The average Bonchev–Trinajstić information content (AvgIpc) is 1.42. The Hall–Kier alpha value is -4.82. The maximum Gasteiger partial charge on any atom is 0.264 e. The van der Waals surface area contributed by atoms with E-state index in [1.165, 1.54) is 22.3 Å². The van der Waals surface area contributed by atoms with Crippen LogP contribution in [-0.4, -0.2) is 202 Å². The Morgan fingerprint density at radius 3 is 1.32 bits per heavy atom. The zero-order chi connectivity index (χ0) is 71.6. The standard InChI is InChI=1S/2C39H54ClN3O7S/c2*1-27-5-3-14-39(25-44,50-20-17-42-15-18-48-19-16-42)34-10-7-31(34)23-43-24-38(13-4-6-29-21-32(40)9-11-33(29)38)26-49-36-12-8-30(22-35(36)43)37(45)41-51(46,47)28(27)2/h2*8-9,11-12,21-22,27-28,31,34,44H,3-7,10,13-20,23-26H2,1-2H3,(H,41,45)/t27-,28+,31-,34+,38-,39+;27-,28+,31-,34+,38-,39-/m00/s1. The lowest BCUT2D eigenvalue weighted by Crippen LogP contribution is -2.56. The minimum absolute atomic E-state index is 0.0858. The zero-order valence-corrected chi connectivity index (χ0v) is 63.3. The molecule has 24 heteroatoms. The van der Waals surface area contributed by atoms with Gasteiger partial charge in [0, 0.05) is 97.4 Å². The van der Waals surface area contributed by atoms with Gasteiger partial charge in [0.05, 0.1) is 99.1 Å². The molecule has 4 aromatic rings. The van der Waals surface area contributed by atoms with Crippen molar-refractivity contribution in [2.75, 3.05) is 141 Å². The van der Waals surface area contributed by atoms with Crippen LogP contribution in [0.25, 0.3) is 0 Å². The molecule has 4 bridgehead atoms. The molecule has 4 fully saturated rings. The number of nitrogens with one attached hydrogen (secondary N) is 2. The molecule has 0 unspecified atom stereocenters. The van der Waals surface area contributed by atoms with Gasteiger partial charge in [-0.25, -0.2) is 26.3 Å². The maximum atomic E-state index is 13.6. The van der Waals surface area contributed by atoms with Crippen LogP contribution >= 0.6 is 23.2 Å². The van der Waals surface area contributed by atoms with E-state index in [4.69, 9.17) is 51.6 Å². The molecular formula is C78H108Cl2N6O14S2. The molecule has 2 saturated heterocycles. The molecule has 2 spiro atoms. The summed E-state index contributed by atoms with van der Waals surface area (Å²) in [5.74, 6) is 0.454. The summed E-state index contributed by atoms with van der Waals surface area (Å²) in [4.78, 5) is 36.6. The number of anilines is 2. The normalized spacial score (nSPS) is 32.9. The van der Waals surface area contributed by atoms with Gasteiger partial charge in [0.1, 0.15) is 11.5 Å². The van der Waals surface area contributed by atoms with E-state index < -0.39 is 53.6 Å². The predicted octanol–water partition coefficient (Wildman–Crippen LogP) is 10.4. The van der Waals surface area contributed by atoms with Crippen molar-refractivity contribution in [3.8, 4) is 11.5 Å². The number of ether oxygens (including phenoxy) is 6. The lowest BCUT2D eigenvalue weighted by molar-refractivity contribution is -0.163. The smallest absolute Gasteiger partial charge is 0.264 e. The van der Waals surface area contributed by atoms with Crippen LogP contribution < -0.4 is 28.7 Å². The SMILES string of the molecule is C[C@@H]1[C@@H](C)CCC[C@@](CO)(OCCN2CCOCC2)[C@@H]2CC[C@H]2CN2C[C@@]3(CCCc4cc(Cl)ccc43)COc3ccc(cc32)C(=O)NS1(=O)=O.C[C@@H]1[C@@H](C)CCC[C@](CO)(OCCN2CCOCC2)[C@@H]2CC[C@H]2CN2C[C@@]3(CCCc4cc(Cl)ccc43)COc3ccc(cc32)C(=O)NS1(=O)=O. The van der Waals surface area contributed by atoms with E-state index in [9.17, 15) is 36.6 Å². The Labute approximate surface area is 614 Å². The molecule has 12 atom stereocenters. The fourth-order valence-electron chi connectivity index (χ4n) is 18.7. The van der Waals surface area contributed by atoms with Crippen molar-refractivity contribution in [3.63, 3.8) is 0 Å². The number of hydrogen-bond donors (Lipinski definition) is 4. The molecule has 6 heterocycles. The third-order valence-corrected chi connectivity index (χ3v) is 29.9. The van der Waals surface area contributed by atoms with Crippen LogP contribution in [0.4, 0.5) is 11.4 Å². The van der Waals surface area contributed by atoms with Crippen LogP contribution in [0.3, 0.4) is 0 Å². The number of aryl methyl sites for hydroxylation is 2. The minimum Gasteiger partial charge on any atom is -0.490 e. The summed E-state index contributed by atoms with van der Waals surface area (Å²) in [7, 11) is -7.92. The van der Waals surface area contributed by atoms with E-state index in [0.29, 0.717) is 103 Å². The lowest BCUT2D eigenvalue weighted by Gasteiger charge is -2.51. The van der Waals surface area contributed by atoms with Crippen molar-refractivity contribution < 1.29 is 65.1 Å². The van der Waals surface area contributed by atoms with Gasteiger partial charge in [-0.05, 0) is 222 Å². The van der Waals surface area contributed by atoms with Crippen LogP contribution in [0, 0.1) is 35.5 Å². The third kappa shape index (κ3) is 16.1. The van der Waals surface area contributed by atoms with Gasteiger partial charge in [-0.15, -0.1) is 0 Å². The van der Waals surface area contributed by atoms with Gasteiger partial charge in [-0.1, -0.05) is 62.0 Å². The summed E-state index contributed by atoms with van der Waals surface area (Å²) in [6.45, 7) is 19.7. The Morgan fingerprint density at radius 1 is 0.529 bits per heavy atom. The number of halogens is 2. The summed E-state index contributed by atoms with van der Waals surface area (Å²) >= 11 is 12.9. The highest BCUT2D eigenvalue weighted by molar-refractivity contribution is 7.91. The molecule has 560 valence electrons. The molecule has 10 aliphatic rings. The first-order chi connectivity index (χ1) is 49.0. The van der Waals surface area contributed by atoms with Crippen molar-refractivity contribution >= 4 is 66.4 Å². The van der Waals surface area contributed by atoms with Gasteiger partial charge >= 0.3 is 0 Å². The number of benzene rings is 4. The van der Waals surface area contributed by atoms with Gasteiger partial charge in [-0.2, -0.15) is 0 Å². The Morgan fingerprint density at radius 2 is 0.941 bits per heavy atom. The number of amides is 2. The molecule has 102 heavy (non-hydrogen) atoms. The van der Waals surface area contributed by atoms with Crippen molar-refractivity contribution in [2.45, 2.75) is 163 Å². The van der Waals surface area contributed by atoms with Crippen LogP contribution in [0.2, 0.25) is 10.0 Å². The summed E-state index contributed by atoms with van der Waals surface area (Å²) in [5, 5.41) is 22.4. The number of rotatable bonds is 10. The van der Waals surface area contributed by atoms with E-state index in [2.05, 4.69) is 53.3 Å². The Balaban J connectivity index is 0.000000182. The molecule has 4 aromatic carbocycles. The molecule has 2 saturated carbocycles. The Bertz CT molecular complexity index is 3620. The summed E-state index contributed by atoms with van der Waals surface area (Å²) in [5.41, 5.74) is 5.11. The van der Waals surface area contributed by atoms with Gasteiger partial charge in [0.25, 0.3) is 11.8 Å². The van der Waals surface area contributed by atoms with E-state index in [1.807, 2.05) is 38.1 Å². The molecule has 4 aliphatic carbocycles. The lowest BCUT2D eigenvalue weighted by atomic mass is 9.63. The Kier molecular flexibility index (Phi) is 23.6. The van der Waals surface area contributed by atoms with Gasteiger partial charge < -0.3 is 48.4 Å². The van der Waals surface area contributed by atoms with E-state index >= 15 is 0 Å². The van der Waals surface area contributed by atoms with E-state index in [1.54, 1.807) is 38.1 Å². The first kappa shape index (κ1) is 75.4. The summed E-state index contributed by atoms with van der Waals surface area (Å²) in [6, 6.07) is 23.0. The number of carbonyl (C=O) groups is 2. The van der Waals surface area contributed by atoms with Gasteiger partial charge in [0.2, 0.25) is 20.0 Å². The maximum absolute atomic E-state index is 13.6. The molecule has 0 aromatic heterocycles. The number of hydrogen-bond acceptors (Lipinski definition) is 18. The van der Waals surface area contributed by atoms with Crippen molar-refractivity contribution in [1.82, 2.24) is 19.2 Å². The number of aliphatic hydroxyl groups is 2. The highest BCUT2D eigenvalue weighted by atomic mass is 35.5. The van der Waals surface area contributed by atoms with Gasteiger partial charge in [-0.3, -0.25) is 19.4 Å². The number of sulfonamides is 2. The van der Waals surface area contributed by atoms with Crippen LogP contribution in [0.15, 0.2) is 72.8 Å². The number of carbonyl (C=O) groups excluding carboxylic acids is 2. The second-order valence-corrected chi connectivity index (χ2v) is 36.6. The number of aliphatic hydroxyl groups excluding tert-OH is 2. The average molecular weight is 1490 g/mol. The second kappa shape index (κ2) is 31.9. The van der Waals surface area contributed by atoms with Crippen molar-refractivity contribution in [2.24, 2.45) is 35.5 Å². The fourth-order valence-corrected chi connectivity index (χ4v) is 21.8. The molecule has 4 N–H and O–H groups in total. The highest BCUT2D eigenvalue weighted by Crippen LogP contribution is 2.53. The number of nitrogens with zero attached hydrogens (tertiary/aromatic N) is 4. The number of morpholine rings is 2. The second-order valence-electron chi connectivity index (χ2n) is 31.6. The predicted molar refractivity (Wildman–Crippen MR) is 397 cm³/mol. The van der Waals surface area contributed by atoms with E-state index in [0.717, 1.165) is 151 Å². The molecule has 0 radical (unpaired) electrons. The quantitative estimate of drug-likeness (QED) is 0.116. The number of fused-ring (bicyclic) bond motifs is 8. The van der Waals surface area contributed by atoms with Crippen molar-refractivity contribution in [3.05, 3.63) is 116 Å². The minimum atomic E-state index is -3.96. The van der Waals surface area contributed by atoms with Crippen LogP contribution in [0.5, 0.6) is 11.5 Å². The summed E-state index contributed by atoms with van der Waals surface area (Å²) < 4.78 is 97.0. The third-order valence-electron chi connectivity index (χ3n) is 25.6. The molecule has 6 aliphatic heterocycles. The van der Waals surface area contributed by atoms with Crippen molar-refractivity contribution in [1.29, 1.82) is 0 Å². The molecular weight excluding hydrogens is 1380 g/mol.